The standard InChI is InChI=1S/C42H42N2.C2H6/c1-24(15-16-27-20-34(41(4,5)6)39-35(21-27)42(39,7)8)19-30-13-9-11-28-17-18-37(44-40(28)30)38-25(2)31-22-29-12-10-14-36(43)33(29)23-32(31)26(38)3;1-2/h9-14,17-18,20-23,38H,1-3,15-16,19,43H2,4-8H3;1-2H3. The zero-order chi connectivity index (χ0) is 33.1. The number of nitrogens with zero attached hydrogens (tertiary/aromatic N) is 1. The van der Waals surface area contributed by atoms with Gasteiger partial charge >= 0.3 is 0 Å². The van der Waals surface area contributed by atoms with Crippen molar-refractivity contribution in [3.63, 3.8) is 0 Å². The van der Waals surface area contributed by atoms with Gasteiger partial charge in [0, 0.05) is 21.9 Å². The van der Waals surface area contributed by atoms with Gasteiger partial charge in [0.25, 0.3) is 0 Å². The van der Waals surface area contributed by atoms with Crippen LogP contribution in [0.15, 0.2) is 98.1 Å². The summed E-state index contributed by atoms with van der Waals surface area (Å²) in [5.41, 5.74) is 22.3. The molecule has 0 radical (unpaired) electrons. The number of rotatable bonds is 6. The number of allylic oxidation sites excluding steroid dienone is 3. The summed E-state index contributed by atoms with van der Waals surface area (Å²) in [7, 11) is 0. The second-order valence-electron chi connectivity index (χ2n) is 14.5. The van der Waals surface area contributed by atoms with Gasteiger partial charge in [0.1, 0.15) is 0 Å². The summed E-state index contributed by atoms with van der Waals surface area (Å²) >= 11 is 0. The van der Waals surface area contributed by atoms with Crippen molar-refractivity contribution in [2.24, 2.45) is 0 Å². The third kappa shape index (κ3) is 5.28. The summed E-state index contributed by atoms with van der Waals surface area (Å²) in [6.07, 6.45) is 2.78. The third-order valence-corrected chi connectivity index (χ3v) is 10.0. The molecule has 0 spiro atoms. The monoisotopic (exact) mass is 604 g/mol. The number of anilines is 1. The van der Waals surface area contributed by atoms with E-state index in [0.717, 1.165) is 74.6 Å². The minimum Gasteiger partial charge on any atom is -0.398 e. The van der Waals surface area contributed by atoms with Gasteiger partial charge in [-0.2, -0.15) is 0 Å². The Labute approximate surface area is 275 Å². The lowest BCUT2D eigenvalue weighted by Gasteiger charge is -2.21. The van der Waals surface area contributed by atoms with Crippen molar-refractivity contribution in [1.29, 1.82) is 0 Å². The Morgan fingerprint density at radius 2 is 1.54 bits per heavy atom. The van der Waals surface area contributed by atoms with Crippen LogP contribution in [0.3, 0.4) is 0 Å². The van der Waals surface area contributed by atoms with Gasteiger partial charge in [0.15, 0.2) is 0 Å². The number of hydrogen-bond acceptors (Lipinski definition) is 2. The van der Waals surface area contributed by atoms with E-state index in [2.05, 4.69) is 115 Å². The van der Waals surface area contributed by atoms with Crippen LogP contribution in [-0.2, 0) is 23.7 Å². The van der Waals surface area contributed by atoms with Crippen LogP contribution in [0.4, 0.5) is 5.69 Å². The largest absolute Gasteiger partial charge is 0.398 e. The van der Waals surface area contributed by atoms with Gasteiger partial charge in [-0.25, -0.2) is 0 Å². The van der Waals surface area contributed by atoms with Crippen molar-refractivity contribution >= 4 is 38.5 Å². The molecule has 1 unspecified atom stereocenters. The van der Waals surface area contributed by atoms with E-state index in [0.29, 0.717) is 0 Å². The summed E-state index contributed by atoms with van der Waals surface area (Å²) in [4.78, 5) is 5.29. The topological polar surface area (TPSA) is 38.9 Å². The molecule has 2 aliphatic rings. The second-order valence-corrected chi connectivity index (χ2v) is 14.5. The first kappa shape index (κ1) is 31.5. The lowest BCUT2D eigenvalue weighted by atomic mass is 9.84. The Morgan fingerprint density at radius 1 is 0.870 bits per heavy atom. The van der Waals surface area contributed by atoms with Gasteiger partial charge < -0.3 is 5.73 Å². The summed E-state index contributed by atoms with van der Waals surface area (Å²) in [6, 6.07) is 26.1. The minimum absolute atomic E-state index is 0.0587. The van der Waals surface area contributed by atoms with Crippen LogP contribution < -0.4 is 5.73 Å². The SMILES string of the molecule is C=C(CCc1cc(C(C)(C)C)c2c(c1)C2(C)C)Cc1cccc2ccc(C3C(=C)c4cc5cccc(N)c5cc4C3=C)nc12.CC. The van der Waals surface area contributed by atoms with Gasteiger partial charge in [-0.3, -0.25) is 4.98 Å². The number of fused-ring (bicyclic) bond motifs is 4. The molecule has 5 aromatic rings. The zero-order valence-electron chi connectivity index (χ0n) is 28.8. The van der Waals surface area contributed by atoms with E-state index in [1.165, 1.54) is 27.8 Å². The van der Waals surface area contributed by atoms with Gasteiger partial charge in [0.2, 0.25) is 0 Å². The molecule has 1 atom stereocenters. The molecule has 234 valence electrons. The number of pyridine rings is 1. The maximum atomic E-state index is 6.32. The fourth-order valence-corrected chi connectivity index (χ4v) is 7.42. The van der Waals surface area contributed by atoms with Crippen molar-refractivity contribution in [2.45, 2.75) is 84.5 Å². The first-order chi connectivity index (χ1) is 21.8. The maximum absolute atomic E-state index is 6.32. The highest BCUT2D eigenvalue weighted by atomic mass is 14.7. The highest BCUT2D eigenvalue weighted by molar-refractivity contribution is 6.05. The average molecular weight is 605 g/mol. The predicted molar refractivity (Wildman–Crippen MR) is 201 cm³/mol. The fourth-order valence-electron chi connectivity index (χ4n) is 7.42. The molecule has 0 fully saturated rings. The van der Waals surface area contributed by atoms with Crippen molar-refractivity contribution in [2.75, 3.05) is 5.73 Å². The van der Waals surface area contributed by atoms with E-state index in [-0.39, 0.29) is 16.7 Å². The Balaban J connectivity index is 0.00000182. The number of aromatic nitrogens is 1. The fraction of sp³-hybridized carbons (Fsp3) is 0.295. The zero-order valence-corrected chi connectivity index (χ0v) is 28.8. The quantitative estimate of drug-likeness (QED) is 0.155. The maximum Gasteiger partial charge on any atom is 0.0740 e. The Kier molecular flexibility index (Phi) is 7.83. The van der Waals surface area contributed by atoms with Crippen LogP contribution in [0.1, 0.15) is 105 Å². The molecule has 0 aliphatic heterocycles. The summed E-state index contributed by atoms with van der Waals surface area (Å²) in [5.74, 6) is -0.0587. The van der Waals surface area contributed by atoms with Gasteiger partial charge in [-0.1, -0.05) is 122 Å². The summed E-state index contributed by atoms with van der Waals surface area (Å²) in [6.45, 7) is 29.3. The van der Waals surface area contributed by atoms with Crippen LogP contribution in [-0.4, -0.2) is 4.98 Å². The van der Waals surface area contributed by atoms with E-state index < -0.39 is 0 Å². The molecule has 0 saturated carbocycles. The Hall–Kier alpha value is -4.43. The number of nitrogens with two attached hydrogens (primary N) is 1. The lowest BCUT2D eigenvalue weighted by Crippen LogP contribution is -2.13. The molecule has 0 amide bonds. The van der Waals surface area contributed by atoms with Gasteiger partial charge in [-0.05, 0) is 104 Å². The highest BCUT2D eigenvalue weighted by Gasteiger charge is 2.45. The number of hydrogen-bond donors (Lipinski definition) is 1. The number of aryl methyl sites for hydroxylation is 1. The van der Waals surface area contributed by atoms with Crippen molar-refractivity contribution < 1.29 is 0 Å². The molecule has 2 aliphatic carbocycles. The summed E-state index contributed by atoms with van der Waals surface area (Å²) in [5, 5.41) is 3.32. The molecule has 1 heterocycles. The van der Waals surface area contributed by atoms with Crippen LogP contribution in [0.2, 0.25) is 0 Å². The Bertz CT molecular complexity index is 2060. The number of para-hydroxylation sites is 1. The van der Waals surface area contributed by atoms with Crippen LogP contribution in [0, 0.1) is 0 Å². The molecule has 4 aromatic carbocycles. The van der Waals surface area contributed by atoms with E-state index in [9.17, 15) is 0 Å². The molecule has 2 N–H and O–H groups in total. The molecule has 46 heavy (non-hydrogen) atoms. The first-order valence-corrected chi connectivity index (χ1v) is 16.8. The van der Waals surface area contributed by atoms with Crippen LogP contribution >= 0.6 is 0 Å². The predicted octanol–water partition coefficient (Wildman–Crippen LogP) is 11.5. The Morgan fingerprint density at radius 3 is 2.26 bits per heavy atom. The highest BCUT2D eigenvalue weighted by Crippen LogP contribution is 2.54. The molecule has 0 saturated heterocycles. The van der Waals surface area contributed by atoms with Crippen molar-refractivity contribution in [3.8, 4) is 0 Å². The van der Waals surface area contributed by atoms with E-state index in [1.807, 2.05) is 26.0 Å². The summed E-state index contributed by atoms with van der Waals surface area (Å²) < 4.78 is 0. The normalized spacial score (nSPS) is 16.2. The van der Waals surface area contributed by atoms with E-state index in [1.54, 1.807) is 5.56 Å². The number of nitrogen functional groups attached to an aromatic ring is 1. The molecule has 2 nitrogen and oxygen atoms in total. The molecule has 0 bridgehead atoms. The lowest BCUT2D eigenvalue weighted by molar-refractivity contribution is 0.581. The van der Waals surface area contributed by atoms with E-state index in [4.69, 9.17) is 10.7 Å². The minimum atomic E-state index is -0.0587. The smallest absolute Gasteiger partial charge is 0.0740 e. The van der Waals surface area contributed by atoms with Crippen molar-refractivity contribution in [3.05, 3.63) is 143 Å². The second kappa shape index (κ2) is 11.4. The molecular weight excluding hydrogens is 556 g/mol. The van der Waals surface area contributed by atoms with E-state index >= 15 is 0 Å². The number of benzene rings is 4. The average Bonchev–Trinajstić information content (AvgIpc) is 3.49. The van der Waals surface area contributed by atoms with Crippen molar-refractivity contribution in [1.82, 2.24) is 4.98 Å². The van der Waals surface area contributed by atoms with Crippen LogP contribution in [0.25, 0.3) is 32.8 Å². The molecule has 1 aromatic heterocycles. The molecule has 7 rings (SSSR count). The van der Waals surface area contributed by atoms with Gasteiger partial charge in [-0.15, -0.1) is 0 Å². The van der Waals surface area contributed by atoms with Gasteiger partial charge in [0.05, 0.1) is 17.1 Å². The van der Waals surface area contributed by atoms with Crippen LogP contribution in [0.5, 0.6) is 0 Å². The molecule has 2 heteroatoms. The molecular formula is C44H48N2. The third-order valence-electron chi connectivity index (χ3n) is 10.0. The first-order valence-electron chi connectivity index (χ1n) is 16.8.